The first kappa shape index (κ1) is 8.83. The van der Waals surface area contributed by atoms with Crippen LogP contribution in [0.4, 0.5) is 4.79 Å². The number of carbonyl (C=O) groups is 2. The molecular weight excluding hydrogens is 160 g/mol. The van der Waals surface area contributed by atoms with E-state index >= 15 is 0 Å². The van der Waals surface area contributed by atoms with Crippen LogP contribution >= 0.6 is 0 Å². The van der Waals surface area contributed by atoms with Crippen LogP contribution in [-0.4, -0.2) is 41.6 Å². The van der Waals surface area contributed by atoms with Gasteiger partial charge in [-0.2, -0.15) is 0 Å². The summed E-state index contributed by atoms with van der Waals surface area (Å²) in [6, 6.07) is -0.940. The fourth-order valence-corrected chi connectivity index (χ4v) is 1.41. The number of carbonyl (C=O) groups excluding carboxylic acids is 1. The van der Waals surface area contributed by atoms with Crippen molar-refractivity contribution in [3.63, 3.8) is 0 Å². The molecule has 1 aliphatic rings. The Kier molecular flexibility index (Phi) is 2.52. The molecule has 12 heavy (non-hydrogen) atoms. The van der Waals surface area contributed by atoms with Crippen molar-refractivity contribution >= 4 is 12.0 Å². The lowest BCUT2D eigenvalue weighted by Gasteiger charge is -2.20. The molecule has 0 saturated carbocycles. The van der Waals surface area contributed by atoms with Crippen LogP contribution in [0.3, 0.4) is 0 Å². The van der Waals surface area contributed by atoms with E-state index in [1.54, 1.807) is 0 Å². The lowest BCUT2D eigenvalue weighted by atomic mass is 10.2. The van der Waals surface area contributed by atoms with Crippen LogP contribution in [0.2, 0.25) is 0 Å². The number of urea groups is 1. The zero-order chi connectivity index (χ0) is 9.14. The molecule has 0 aromatic heterocycles. The Morgan fingerprint density at radius 3 is 2.75 bits per heavy atom. The van der Waals surface area contributed by atoms with E-state index in [9.17, 15) is 9.59 Å². The quantitative estimate of drug-likeness (QED) is 0.579. The summed E-state index contributed by atoms with van der Waals surface area (Å²) in [7, 11) is 1.50. The third-order valence-corrected chi connectivity index (χ3v) is 2.01. The van der Waals surface area contributed by atoms with E-state index in [0.29, 0.717) is 13.0 Å². The highest BCUT2D eigenvalue weighted by Crippen LogP contribution is 2.16. The minimum Gasteiger partial charge on any atom is -0.480 e. The molecule has 0 bridgehead atoms. The molecule has 1 aliphatic heterocycles. The van der Waals surface area contributed by atoms with E-state index in [4.69, 9.17) is 5.11 Å². The molecule has 0 spiro atoms. The van der Waals surface area contributed by atoms with Gasteiger partial charge in [0.15, 0.2) is 0 Å². The predicted octanol–water partition coefficient (Wildman–Crippen LogP) is -0.125. The molecule has 0 radical (unpaired) electrons. The van der Waals surface area contributed by atoms with Gasteiger partial charge in [-0.3, -0.25) is 0 Å². The first-order valence-corrected chi connectivity index (χ1v) is 3.88. The third kappa shape index (κ3) is 1.49. The Hall–Kier alpha value is -1.26. The maximum Gasteiger partial charge on any atom is 0.326 e. The number of hydrogen-bond acceptors (Lipinski definition) is 2. The monoisotopic (exact) mass is 172 g/mol. The van der Waals surface area contributed by atoms with Gasteiger partial charge in [0.25, 0.3) is 0 Å². The Labute approximate surface area is 70.4 Å². The number of aliphatic carboxylic acids is 1. The van der Waals surface area contributed by atoms with Gasteiger partial charge in [-0.15, -0.1) is 0 Å². The van der Waals surface area contributed by atoms with Crippen molar-refractivity contribution in [2.45, 2.75) is 18.9 Å². The number of nitrogens with zero attached hydrogens (tertiary/aromatic N) is 1. The fourth-order valence-electron chi connectivity index (χ4n) is 1.41. The SMILES string of the molecule is CNC(=O)N1CCC[C@H]1C(=O)O. The minimum absolute atomic E-state index is 0.306. The van der Waals surface area contributed by atoms with Gasteiger partial charge < -0.3 is 15.3 Å². The molecule has 1 fully saturated rings. The van der Waals surface area contributed by atoms with Crippen molar-refractivity contribution < 1.29 is 14.7 Å². The molecule has 1 heterocycles. The molecule has 2 N–H and O–H groups in total. The molecule has 0 aliphatic carbocycles. The van der Waals surface area contributed by atoms with Gasteiger partial charge in [-0.05, 0) is 12.8 Å². The zero-order valence-electron chi connectivity index (χ0n) is 6.91. The van der Waals surface area contributed by atoms with E-state index in [2.05, 4.69) is 5.32 Å². The van der Waals surface area contributed by atoms with Crippen LogP contribution in [0, 0.1) is 0 Å². The second kappa shape index (κ2) is 3.42. The third-order valence-electron chi connectivity index (χ3n) is 2.01. The van der Waals surface area contributed by atoms with Gasteiger partial charge >= 0.3 is 12.0 Å². The predicted molar refractivity (Wildman–Crippen MR) is 41.8 cm³/mol. The van der Waals surface area contributed by atoms with E-state index < -0.39 is 12.0 Å². The number of amides is 2. The van der Waals surface area contributed by atoms with Crippen molar-refractivity contribution in [2.75, 3.05) is 13.6 Å². The van der Waals surface area contributed by atoms with E-state index in [1.807, 2.05) is 0 Å². The number of rotatable bonds is 1. The maximum atomic E-state index is 11.1. The first-order valence-electron chi connectivity index (χ1n) is 3.88. The van der Waals surface area contributed by atoms with Crippen LogP contribution in [0.25, 0.3) is 0 Å². The summed E-state index contributed by atoms with van der Waals surface area (Å²) in [6.45, 7) is 0.538. The van der Waals surface area contributed by atoms with Gasteiger partial charge in [-0.25, -0.2) is 9.59 Å². The highest BCUT2D eigenvalue weighted by atomic mass is 16.4. The molecule has 0 aromatic rings. The smallest absolute Gasteiger partial charge is 0.326 e. The van der Waals surface area contributed by atoms with Gasteiger partial charge in [0.05, 0.1) is 0 Å². The van der Waals surface area contributed by atoms with E-state index in [0.717, 1.165) is 6.42 Å². The van der Waals surface area contributed by atoms with Crippen LogP contribution < -0.4 is 5.32 Å². The number of nitrogens with one attached hydrogen (secondary N) is 1. The van der Waals surface area contributed by atoms with Crippen LogP contribution in [0.5, 0.6) is 0 Å². The second-order valence-electron chi connectivity index (χ2n) is 2.74. The number of carboxylic acid groups (broad SMARTS) is 1. The molecule has 5 heteroatoms. The van der Waals surface area contributed by atoms with Crippen LogP contribution in [0.15, 0.2) is 0 Å². The summed E-state index contributed by atoms with van der Waals surface area (Å²) in [5, 5.41) is 11.1. The van der Waals surface area contributed by atoms with E-state index in [1.165, 1.54) is 11.9 Å². The lowest BCUT2D eigenvalue weighted by molar-refractivity contribution is -0.141. The Bertz CT molecular complexity index is 205. The second-order valence-corrected chi connectivity index (χ2v) is 2.74. The summed E-state index contributed by atoms with van der Waals surface area (Å²) in [5.74, 6) is -0.920. The summed E-state index contributed by atoms with van der Waals surface area (Å²) in [4.78, 5) is 23.0. The van der Waals surface area contributed by atoms with Gasteiger partial charge in [0.2, 0.25) is 0 Å². The lowest BCUT2D eigenvalue weighted by Crippen LogP contribution is -2.44. The average Bonchev–Trinajstić information content (AvgIpc) is 2.50. The summed E-state index contributed by atoms with van der Waals surface area (Å²) in [5.41, 5.74) is 0. The standard InChI is InChI=1S/C7H12N2O3/c1-8-7(12)9-4-2-3-5(9)6(10)11/h5H,2-4H2,1H3,(H,8,12)(H,10,11)/t5-/m0/s1. The van der Waals surface area contributed by atoms with Crippen molar-refractivity contribution in [1.82, 2.24) is 10.2 Å². The Balaban J connectivity index is 2.63. The molecule has 1 atom stereocenters. The zero-order valence-corrected chi connectivity index (χ0v) is 6.91. The molecule has 0 unspecified atom stereocenters. The molecule has 5 nitrogen and oxygen atoms in total. The normalized spacial score (nSPS) is 22.4. The number of likely N-dealkylation sites (tertiary alicyclic amines) is 1. The topological polar surface area (TPSA) is 69.6 Å². The molecule has 68 valence electrons. The summed E-state index contributed by atoms with van der Waals surface area (Å²) >= 11 is 0. The number of hydrogen-bond donors (Lipinski definition) is 2. The molecular formula is C7H12N2O3. The van der Waals surface area contributed by atoms with Gasteiger partial charge in [0.1, 0.15) is 6.04 Å². The Morgan fingerprint density at radius 1 is 1.58 bits per heavy atom. The van der Waals surface area contributed by atoms with Crippen LogP contribution in [0.1, 0.15) is 12.8 Å². The minimum atomic E-state index is -0.920. The van der Waals surface area contributed by atoms with Crippen molar-refractivity contribution in [3.8, 4) is 0 Å². The highest BCUT2D eigenvalue weighted by molar-refractivity contribution is 5.83. The van der Waals surface area contributed by atoms with Crippen molar-refractivity contribution in [3.05, 3.63) is 0 Å². The molecule has 1 rings (SSSR count). The molecule has 2 amide bonds. The van der Waals surface area contributed by atoms with Crippen molar-refractivity contribution in [2.24, 2.45) is 0 Å². The van der Waals surface area contributed by atoms with E-state index in [-0.39, 0.29) is 6.03 Å². The van der Waals surface area contributed by atoms with Crippen molar-refractivity contribution in [1.29, 1.82) is 0 Å². The number of carboxylic acids is 1. The average molecular weight is 172 g/mol. The highest BCUT2D eigenvalue weighted by Gasteiger charge is 2.33. The van der Waals surface area contributed by atoms with Crippen LogP contribution in [-0.2, 0) is 4.79 Å². The van der Waals surface area contributed by atoms with Gasteiger partial charge in [0, 0.05) is 13.6 Å². The largest absolute Gasteiger partial charge is 0.480 e. The summed E-state index contributed by atoms with van der Waals surface area (Å²) in [6.07, 6.45) is 1.33. The molecule has 1 saturated heterocycles. The maximum absolute atomic E-state index is 11.1. The summed E-state index contributed by atoms with van der Waals surface area (Å²) < 4.78 is 0. The first-order chi connectivity index (χ1) is 5.66. The molecule has 0 aromatic carbocycles. The fraction of sp³-hybridized carbons (Fsp3) is 0.714. The van der Waals surface area contributed by atoms with Gasteiger partial charge in [-0.1, -0.05) is 0 Å². The Morgan fingerprint density at radius 2 is 2.25 bits per heavy atom.